The molecule has 0 fully saturated rings. The van der Waals surface area contributed by atoms with Crippen molar-refractivity contribution in [2.75, 3.05) is 6.61 Å². The molecule has 2 atom stereocenters. The second-order valence-corrected chi connectivity index (χ2v) is 15.8. The van der Waals surface area contributed by atoms with Crippen molar-refractivity contribution in [3.8, 4) is 0 Å². The van der Waals surface area contributed by atoms with Gasteiger partial charge in [-0.25, -0.2) is 0 Å². The van der Waals surface area contributed by atoms with Gasteiger partial charge in [-0.15, -0.1) is 0 Å². The summed E-state index contributed by atoms with van der Waals surface area (Å²) < 4.78 is 0. The number of allylic oxidation sites excluding steroid dienone is 11. The first kappa shape index (κ1) is 52.8. The highest BCUT2D eigenvalue weighted by Gasteiger charge is 2.17. The van der Waals surface area contributed by atoms with E-state index in [1.165, 1.54) is 148 Å². The van der Waals surface area contributed by atoms with Crippen LogP contribution in [0.1, 0.15) is 226 Å². The van der Waals surface area contributed by atoms with Gasteiger partial charge in [0.15, 0.2) is 0 Å². The molecular weight excluding hydrogens is 675 g/mol. The normalized spacial score (nSPS) is 13.6. The molecule has 55 heavy (non-hydrogen) atoms. The van der Waals surface area contributed by atoms with Gasteiger partial charge in [0, 0.05) is 6.42 Å². The first-order valence-corrected chi connectivity index (χ1v) is 23.7. The average Bonchev–Trinajstić information content (AvgIpc) is 3.19. The van der Waals surface area contributed by atoms with Crippen molar-refractivity contribution in [2.45, 2.75) is 238 Å². The van der Waals surface area contributed by atoms with Crippen LogP contribution in [0.4, 0.5) is 0 Å². The van der Waals surface area contributed by atoms with Gasteiger partial charge in [-0.1, -0.05) is 228 Å². The van der Waals surface area contributed by atoms with Crippen LogP contribution in [0, 0.1) is 0 Å². The zero-order valence-corrected chi connectivity index (χ0v) is 36.4. The summed E-state index contributed by atoms with van der Waals surface area (Å²) >= 11 is 0. The number of aliphatic hydroxyl groups excluding tert-OH is 2. The van der Waals surface area contributed by atoms with E-state index in [9.17, 15) is 15.0 Å². The van der Waals surface area contributed by atoms with Crippen molar-refractivity contribution >= 4 is 5.91 Å². The number of aliphatic hydroxyl groups is 2. The van der Waals surface area contributed by atoms with Gasteiger partial charge in [0.25, 0.3) is 0 Å². The molecule has 0 aromatic heterocycles. The summed E-state index contributed by atoms with van der Waals surface area (Å²) in [5, 5.41) is 23.0. The van der Waals surface area contributed by atoms with Gasteiger partial charge in [-0.05, 0) is 64.2 Å². The Hall–Kier alpha value is -2.17. The Labute approximate surface area is 342 Å². The van der Waals surface area contributed by atoms with E-state index in [0.717, 1.165) is 57.8 Å². The molecule has 3 N–H and O–H groups in total. The standard InChI is InChI=1S/C51H91NO3/c1-3-5-7-9-11-13-15-17-18-19-20-21-22-23-24-25-26-27-28-29-30-31-32-33-34-35-37-39-41-43-45-47-51(55)52-49(48-53)50(54)46-44-42-40-38-36-16-14-12-10-8-6-4-2/h5,7,11,13,17-18,20-21,23-24,44,46,49-50,53-54H,3-4,6,8-10,12,14-16,19,22,25-43,45,47-48H2,1-2H3,(H,52,55)/b7-5-,13-11-,18-17-,21-20-,24-23-,46-44+. The zero-order valence-electron chi connectivity index (χ0n) is 36.4. The van der Waals surface area contributed by atoms with Crippen LogP contribution in [0.5, 0.6) is 0 Å². The number of carbonyl (C=O) groups is 1. The Morgan fingerprint density at radius 2 is 0.800 bits per heavy atom. The fraction of sp³-hybridized carbons (Fsp3) is 0.745. The molecule has 0 aliphatic heterocycles. The van der Waals surface area contributed by atoms with Crippen LogP contribution >= 0.6 is 0 Å². The Kier molecular flexibility index (Phi) is 44.4. The maximum Gasteiger partial charge on any atom is 0.220 e. The topological polar surface area (TPSA) is 69.6 Å². The average molecular weight is 766 g/mol. The van der Waals surface area contributed by atoms with E-state index < -0.39 is 12.1 Å². The molecule has 0 saturated carbocycles. The number of nitrogens with one attached hydrogen (secondary N) is 1. The lowest BCUT2D eigenvalue weighted by Crippen LogP contribution is -2.45. The smallest absolute Gasteiger partial charge is 0.220 e. The predicted molar refractivity (Wildman–Crippen MR) is 244 cm³/mol. The van der Waals surface area contributed by atoms with Crippen LogP contribution in [0.3, 0.4) is 0 Å². The minimum atomic E-state index is -0.840. The van der Waals surface area contributed by atoms with Gasteiger partial charge in [0.1, 0.15) is 0 Å². The third-order valence-corrected chi connectivity index (χ3v) is 10.4. The first-order chi connectivity index (χ1) is 27.2. The van der Waals surface area contributed by atoms with Crippen LogP contribution < -0.4 is 5.32 Å². The Bertz CT molecular complexity index is 961. The fourth-order valence-corrected chi connectivity index (χ4v) is 6.85. The van der Waals surface area contributed by atoms with Crippen LogP contribution in [-0.4, -0.2) is 34.9 Å². The molecule has 0 spiro atoms. The maximum absolute atomic E-state index is 12.4. The van der Waals surface area contributed by atoms with Crippen molar-refractivity contribution in [2.24, 2.45) is 0 Å². The summed E-state index contributed by atoms with van der Waals surface area (Å²) in [6, 6.07) is -0.623. The molecule has 2 unspecified atom stereocenters. The summed E-state index contributed by atoms with van der Waals surface area (Å²) in [6.07, 6.45) is 66.0. The minimum Gasteiger partial charge on any atom is -0.394 e. The maximum atomic E-state index is 12.4. The van der Waals surface area contributed by atoms with Crippen LogP contribution in [0.15, 0.2) is 72.9 Å². The second-order valence-electron chi connectivity index (χ2n) is 15.8. The fourth-order valence-electron chi connectivity index (χ4n) is 6.85. The molecule has 318 valence electrons. The lowest BCUT2D eigenvalue weighted by atomic mass is 10.0. The molecule has 0 radical (unpaired) electrons. The Morgan fingerprint density at radius 3 is 1.20 bits per heavy atom. The number of unbranched alkanes of at least 4 members (excludes halogenated alkanes) is 25. The predicted octanol–water partition coefficient (Wildman–Crippen LogP) is 15.1. The van der Waals surface area contributed by atoms with Crippen molar-refractivity contribution < 1.29 is 15.0 Å². The molecule has 0 aromatic rings. The summed E-state index contributed by atoms with van der Waals surface area (Å²) in [7, 11) is 0. The Balaban J connectivity index is 3.51. The number of hydrogen-bond donors (Lipinski definition) is 3. The van der Waals surface area contributed by atoms with Gasteiger partial charge in [-0.3, -0.25) is 4.79 Å². The molecular formula is C51H91NO3. The van der Waals surface area contributed by atoms with Gasteiger partial charge in [0.05, 0.1) is 18.8 Å². The monoisotopic (exact) mass is 766 g/mol. The molecule has 0 aliphatic carbocycles. The molecule has 1 amide bonds. The van der Waals surface area contributed by atoms with Gasteiger partial charge in [-0.2, -0.15) is 0 Å². The van der Waals surface area contributed by atoms with E-state index in [1.54, 1.807) is 6.08 Å². The van der Waals surface area contributed by atoms with Gasteiger partial charge >= 0.3 is 0 Å². The van der Waals surface area contributed by atoms with E-state index in [1.807, 2.05) is 6.08 Å². The zero-order chi connectivity index (χ0) is 40.0. The van der Waals surface area contributed by atoms with Crippen LogP contribution in [0.25, 0.3) is 0 Å². The third kappa shape index (κ3) is 42.8. The van der Waals surface area contributed by atoms with Crippen molar-refractivity contribution in [1.82, 2.24) is 5.32 Å². The summed E-state index contributed by atoms with van der Waals surface area (Å²) in [5.41, 5.74) is 0. The van der Waals surface area contributed by atoms with Crippen molar-refractivity contribution in [3.63, 3.8) is 0 Å². The highest BCUT2D eigenvalue weighted by molar-refractivity contribution is 5.76. The Morgan fingerprint density at radius 1 is 0.455 bits per heavy atom. The highest BCUT2D eigenvalue weighted by atomic mass is 16.3. The number of amides is 1. The van der Waals surface area contributed by atoms with E-state index >= 15 is 0 Å². The van der Waals surface area contributed by atoms with E-state index in [-0.39, 0.29) is 12.5 Å². The van der Waals surface area contributed by atoms with E-state index in [4.69, 9.17) is 0 Å². The molecule has 4 nitrogen and oxygen atoms in total. The van der Waals surface area contributed by atoms with Crippen LogP contribution in [-0.2, 0) is 4.79 Å². The van der Waals surface area contributed by atoms with Crippen molar-refractivity contribution in [1.29, 1.82) is 0 Å². The molecule has 4 heteroatoms. The summed E-state index contributed by atoms with van der Waals surface area (Å²) in [4.78, 5) is 12.4. The summed E-state index contributed by atoms with van der Waals surface area (Å²) in [5.74, 6) is -0.0671. The summed E-state index contributed by atoms with van der Waals surface area (Å²) in [6.45, 7) is 4.18. The number of carbonyl (C=O) groups excluding carboxylic acids is 1. The van der Waals surface area contributed by atoms with Crippen LogP contribution in [0.2, 0.25) is 0 Å². The van der Waals surface area contributed by atoms with Gasteiger partial charge < -0.3 is 15.5 Å². The number of hydrogen-bond acceptors (Lipinski definition) is 3. The first-order valence-electron chi connectivity index (χ1n) is 23.7. The largest absolute Gasteiger partial charge is 0.394 e. The molecule has 0 bridgehead atoms. The van der Waals surface area contributed by atoms with E-state index in [2.05, 4.69) is 79.9 Å². The lowest BCUT2D eigenvalue weighted by molar-refractivity contribution is -0.123. The van der Waals surface area contributed by atoms with Crippen molar-refractivity contribution in [3.05, 3.63) is 72.9 Å². The molecule has 0 aromatic carbocycles. The minimum absolute atomic E-state index is 0.0671. The third-order valence-electron chi connectivity index (χ3n) is 10.4. The molecule has 0 saturated heterocycles. The lowest BCUT2D eigenvalue weighted by Gasteiger charge is -2.20. The van der Waals surface area contributed by atoms with E-state index in [0.29, 0.717) is 6.42 Å². The number of rotatable bonds is 42. The molecule has 0 heterocycles. The highest BCUT2D eigenvalue weighted by Crippen LogP contribution is 2.15. The SMILES string of the molecule is CC/C=C\C/C=C\C/C=C\C/C=C\C/C=C\CCCCCCCCCCCCCCCCCC(=O)NC(CO)C(O)/C=C/CCCCCCCCCCCC. The molecule has 0 rings (SSSR count). The van der Waals surface area contributed by atoms with Gasteiger partial charge in [0.2, 0.25) is 5.91 Å². The quantitative estimate of drug-likeness (QED) is 0.0428. The second kappa shape index (κ2) is 46.2. The molecule has 0 aliphatic rings.